The maximum Gasteiger partial charge on any atom is 0.244 e. The van der Waals surface area contributed by atoms with Gasteiger partial charge in [-0.3, -0.25) is 14.6 Å². The molecule has 6 nitrogen and oxygen atoms in total. The van der Waals surface area contributed by atoms with Gasteiger partial charge < -0.3 is 9.32 Å². The average molecular weight is 425 g/mol. The number of likely N-dealkylation sites (N-methyl/N-ethyl adjacent to an activating group) is 1. The fourth-order valence-electron chi connectivity index (χ4n) is 2.40. The standard InChI is InChI=1S/C17H15BrClN3O3/c1-22(2)6-5-20-12-8-13(23)14-16(15(12)24)25-17(21-14)10-4-3-9(18)7-11(10)19/h3-4,7H,5-6,8H2,1-2H3. The third-order valence-corrected chi connectivity index (χ3v) is 4.50. The first-order valence-electron chi connectivity index (χ1n) is 7.59. The number of halogens is 2. The van der Waals surface area contributed by atoms with Crippen LogP contribution in [-0.4, -0.2) is 54.3 Å². The Morgan fingerprint density at radius 1 is 1.36 bits per heavy atom. The molecule has 0 bridgehead atoms. The van der Waals surface area contributed by atoms with E-state index in [0.29, 0.717) is 23.7 Å². The van der Waals surface area contributed by atoms with Crippen LogP contribution in [0.1, 0.15) is 27.5 Å². The summed E-state index contributed by atoms with van der Waals surface area (Å²) in [6.45, 7) is 1.13. The number of rotatable bonds is 4. The highest BCUT2D eigenvalue weighted by atomic mass is 79.9. The van der Waals surface area contributed by atoms with E-state index >= 15 is 0 Å². The predicted molar refractivity (Wildman–Crippen MR) is 98.8 cm³/mol. The normalized spacial score (nSPS) is 16.0. The van der Waals surface area contributed by atoms with Gasteiger partial charge in [-0.25, -0.2) is 4.98 Å². The number of fused-ring (bicyclic) bond motifs is 1. The Balaban J connectivity index is 1.95. The van der Waals surface area contributed by atoms with Crippen molar-refractivity contribution in [3.05, 3.63) is 39.1 Å². The Morgan fingerprint density at radius 3 is 2.80 bits per heavy atom. The Labute approximate surface area is 158 Å². The highest BCUT2D eigenvalue weighted by Gasteiger charge is 2.35. The zero-order valence-corrected chi connectivity index (χ0v) is 16.0. The molecule has 0 radical (unpaired) electrons. The van der Waals surface area contributed by atoms with Crippen molar-refractivity contribution in [2.45, 2.75) is 6.42 Å². The number of Topliss-reactive ketones (excluding diaryl/α,β-unsaturated/α-hetero) is 2. The lowest BCUT2D eigenvalue weighted by molar-refractivity contribution is 0.0949. The molecule has 0 aliphatic heterocycles. The molecule has 1 aromatic heterocycles. The van der Waals surface area contributed by atoms with Crippen molar-refractivity contribution in [3.8, 4) is 11.5 Å². The molecule has 0 saturated carbocycles. The zero-order valence-electron chi connectivity index (χ0n) is 13.7. The van der Waals surface area contributed by atoms with Crippen LogP contribution in [0.3, 0.4) is 0 Å². The van der Waals surface area contributed by atoms with Crippen molar-refractivity contribution < 1.29 is 14.0 Å². The molecule has 3 rings (SSSR count). The molecule has 1 heterocycles. The minimum atomic E-state index is -0.389. The molecule has 0 amide bonds. The summed E-state index contributed by atoms with van der Waals surface area (Å²) in [6.07, 6.45) is -0.0562. The van der Waals surface area contributed by atoms with Gasteiger partial charge in [0.15, 0.2) is 11.5 Å². The fourth-order valence-corrected chi connectivity index (χ4v) is 3.16. The second-order valence-electron chi connectivity index (χ2n) is 5.88. The summed E-state index contributed by atoms with van der Waals surface area (Å²) in [6, 6.07) is 5.19. The van der Waals surface area contributed by atoms with Gasteiger partial charge in [0.2, 0.25) is 17.4 Å². The molecule has 0 spiro atoms. The molecule has 8 heteroatoms. The first-order valence-corrected chi connectivity index (χ1v) is 8.76. The van der Waals surface area contributed by atoms with Gasteiger partial charge in [-0.1, -0.05) is 27.5 Å². The Bertz CT molecular complexity index is 889. The highest BCUT2D eigenvalue weighted by Crippen LogP contribution is 2.32. The van der Waals surface area contributed by atoms with Crippen LogP contribution < -0.4 is 0 Å². The highest BCUT2D eigenvalue weighted by molar-refractivity contribution is 9.10. The zero-order chi connectivity index (χ0) is 18.1. The molecule has 0 fully saturated rings. The monoisotopic (exact) mass is 423 g/mol. The lowest BCUT2D eigenvalue weighted by Gasteiger charge is -2.10. The Kier molecular flexibility index (Phi) is 5.17. The summed E-state index contributed by atoms with van der Waals surface area (Å²) in [5, 5.41) is 0.410. The van der Waals surface area contributed by atoms with Gasteiger partial charge in [0.1, 0.15) is 0 Å². The summed E-state index contributed by atoms with van der Waals surface area (Å²) < 4.78 is 6.39. The molecule has 2 aromatic rings. The van der Waals surface area contributed by atoms with Crippen LogP contribution in [0.5, 0.6) is 0 Å². The summed E-state index contributed by atoms with van der Waals surface area (Å²) in [5.41, 5.74) is 0.778. The van der Waals surface area contributed by atoms with Crippen LogP contribution in [0.4, 0.5) is 0 Å². The lowest BCUT2D eigenvalue weighted by Crippen LogP contribution is -2.27. The van der Waals surface area contributed by atoms with Crippen molar-refractivity contribution in [2.24, 2.45) is 4.99 Å². The van der Waals surface area contributed by atoms with E-state index in [1.165, 1.54) is 0 Å². The molecule has 1 aliphatic rings. The summed E-state index contributed by atoms with van der Waals surface area (Å²) in [5.74, 6) is -0.575. The smallest absolute Gasteiger partial charge is 0.244 e. The molecule has 0 unspecified atom stereocenters. The summed E-state index contributed by atoms with van der Waals surface area (Å²) in [4.78, 5) is 35.3. The third kappa shape index (κ3) is 3.73. The number of nitrogens with zero attached hydrogens (tertiary/aromatic N) is 3. The number of benzene rings is 1. The third-order valence-electron chi connectivity index (χ3n) is 3.70. The second kappa shape index (κ2) is 7.19. The summed E-state index contributed by atoms with van der Waals surface area (Å²) >= 11 is 9.52. The van der Waals surface area contributed by atoms with Crippen molar-refractivity contribution in [2.75, 3.05) is 27.2 Å². The molecule has 130 valence electrons. The van der Waals surface area contributed by atoms with Gasteiger partial charge in [-0.15, -0.1) is 0 Å². The van der Waals surface area contributed by atoms with E-state index in [4.69, 9.17) is 16.0 Å². The maximum absolute atomic E-state index is 12.6. The fraction of sp³-hybridized carbons (Fsp3) is 0.294. The van der Waals surface area contributed by atoms with Gasteiger partial charge >= 0.3 is 0 Å². The maximum atomic E-state index is 12.6. The Morgan fingerprint density at radius 2 is 2.12 bits per heavy atom. The van der Waals surface area contributed by atoms with Crippen LogP contribution in [-0.2, 0) is 0 Å². The number of carbonyl (C=O) groups is 2. The minimum absolute atomic E-state index is 0.0468. The van der Waals surface area contributed by atoms with Crippen LogP contribution in [0.15, 0.2) is 32.1 Å². The number of aromatic nitrogens is 1. The van der Waals surface area contributed by atoms with E-state index in [2.05, 4.69) is 25.9 Å². The molecular weight excluding hydrogens is 410 g/mol. The quantitative estimate of drug-likeness (QED) is 0.750. The van der Waals surface area contributed by atoms with E-state index in [1.54, 1.807) is 18.2 Å². The topological polar surface area (TPSA) is 75.8 Å². The van der Waals surface area contributed by atoms with Gasteiger partial charge in [0.25, 0.3) is 0 Å². The molecule has 0 saturated heterocycles. The number of ketones is 2. The van der Waals surface area contributed by atoms with Crippen molar-refractivity contribution in [1.82, 2.24) is 9.88 Å². The first kappa shape index (κ1) is 18.0. The molecule has 25 heavy (non-hydrogen) atoms. The number of hydrogen-bond acceptors (Lipinski definition) is 6. The number of oxazole rings is 1. The van der Waals surface area contributed by atoms with Crippen molar-refractivity contribution in [3.63, 3.8) is 0 Å². The lowest BCUT2D eigenvalue weighted by atomic mass is 9.97. The van der Waals surface area contributed by atoms with Crippen LogP contribution in [0, 0.1) is 0 Å². The second-order valence-corrected chi connectivity index (χ2v) is 7.20. The van der Waals surface area contributed by atoms with Crippen LogP contribution in [0.2, 0.25) is 5.02 Å². The predicted octanol–water partition coefficient (Wildman–Crippen LogP) is 3.53. The van der Waals surface area contributed by atoms with E-state index in [0.717, 1.165) is 4.47 Å². The van der Waals surface area contributed by atoms with Crippen LogP contribution >= 0.6 is 27.5 Å². The van der Waals surface area contributed by atoms with E-state index in [1.807, 2.05) is 19.0 Å². The largest absolute Gasteiger partial charge is 0.432 e. The first-order chi connectivity index (χ1) is 11.9. The van der Waals surface area contributed by atoms with Crippen molar-refractivity contribution in [1.29, 1.82) is 0 Å². The van der Waals surface area contributed by atoms with Crippen molar-refractivity contribution >= 4 is 44.8 Å². The molecular formula is C17H15BrClN3O3. The van der Waals surface area contributed by atoms with E-state index in [9.17, 15) is 9.59 Å². The van der Waals surface area contributed by atoms with Gasteiger partial charge in [0.05, 0.1) is 29.3 Å². The Hall–Kier alpha value is -1.83. The minimum Gasteiger partial charge on any atom is -0.432 e. The van der Waals surface area contributed by atoms with E-state index < -0.39 is 0 Å². The van der Waals surface area contributed by atoms with E-state index in [-0.39, 0.29) is 41.0 Å². The average Bonchev–Trinajstić information content (AvgIpc) is 2.97. The van der Waals surface area contributed by atoms with Crippen LogP contribution in [0.25, 0.3) is 11.5 Å². The number of aliphatic imine (C=N–C) groups is 1. The SMILES string of the molecule is CN(C)CCN=C1CC(=O)c2nc(-c3ccc(Br)cc3Cl)oc2C1=O. The summed E-state index contributed by atoms with van der Waals surface area (Å²) in [7, 11) is 3.83. The number of carbonyl (C=O) groups excluding carboxylic acids is 2. The number of hydrogen-bond donors (Lipinski definition) is 0. The molecule has 0 N–H and O–H groups in total. The molecule has 0 atom stereocenters. The van der Waals surface area contributed by atoms with Gasteiger partial charge in [-0.05, 0) is 32.3 Å². The molecule has 1 aromatic carbocycles. The van der Waals surface area contributed by atoms with Gasteiger partial charge in [0, 0.05) is 11.0 Å². The molecule has 1 aliphatic carbocycles. The van der Waals surface area contributed by atoms with Gasteiger partial charge in [-0.2, -0.15) is 0 Å².